The quantitative estimate of drug-likeness (QED) is 0.860. The van der Waals surface area contributed by atoms with Crippen molar-refractivity contribution in [1.82, 2.24) is 9.80 Å². The van der Waals surface area contributed by atoms with E-state index in [9.17, 15) is 14.4 Å². The molecule has 7 nitrogen and oxygen atoms in total. The van der Waals surface area contributed by atoms with Crippen molar-refractivity contribution in [3.63, 3.8) is 0 Å². The molecule has 1 atom stereocenters. The molecule has 0 saturated carbocycles. The Morgan fingerprint density at radius 1 is 1.21 bits per heavy atom. The molecular weight excluding hydrogens is 358 g/mol. The van der Waals surface area contributed by atoms with Gasteiger partial charge in [-0.2, -0.15) is 0 Å². The van der Waals surface area contributed by atoms with Gasteiger partial charge in [0.1, 0.15) is 0 Å². The Kier molecular flexibility index (Phi) is 6.13. The molecule has 0 radical (unpaired) electrons. The van der Waals surface area contributed by atoms with Gasteiger partial charge in [-0.15, -0.1) is 0 Å². The van der Waals surface area contributed by atoms with E-state index in [1.54, 1.807) is 24.1 Å². The molecule has 1 unspecified atom stereocenters. The molecule has 1 N–H and O–H groups in total. The highest BCUT2D eigenvalue weighted by Gasteiger charge is 2.31. The van der Waals surface area contributed by atoms with Crippen LogP contribution < -0.4 is 5.32 Å². The number of nitrogens with one attached hydrogen (secondary N) is 1. The number of aryl methyl sites for hydroxylation is 1. The van der Waals surface area contributed by atoms with E-state index in [-0.39, 0.29) is 35.9 Å². The van der Waals surface area contributed by atoms with Crippen molar-refractivity contribution in [2.45, 2.75) is 19.8 Å². The van der Waals surface area contributed by atoms with Crippen LogP contribution in [-0.4, -0.2) is 54.2 Å². The molecule has 0 spiro atoms. The third kappa shape index (κ3) is 4.79. The molecular formula is C21H25N3O4. The van der Waals surface area contributed by atoms with Crippen molar-refractivity contribution in [2.75, 3.05) is 32.0 Å². The van der Waals surface area contributed by atoms with Gasteiger partial charge in [-0.25, -0.2) is 0 Å². The Bertz CT molecular complexity index is 830. The lowest BCUT2D eigenvalue weighted by Crippen LogP contribution is -2.47. The number of hydrogen-bond acceptors (Lipinski definition) is 4. The van der Waals surface area contributed by atoms with E-state index in [0.29, 0.717) is 25.2 Å². The van der Waals surface area contributed by atoms with Gasteiger partial charge in [-0.3, -0.25) is 14.4 Å². The Labute approximate surface area is 164 Å². The standard InChI is InChI=1S/C21H25N3O4/c1-15-7-9-17(10-8-15)22-19(25)14-23(2)20(26)16-5-3-11-24(13-16)21(27)18-6-4-12-28-18/h4,6-10,12,16H,3,5,11,13-14H2,1-2H3,(H,22,25). The fraction of sp³-hybridized carbons (Fsp3) is 0.381. The zero-order chi connectivity index (χ0) is 20.1. The minimum atomic E-state index is -0.315. The topological polar surface area (TPSA) is 82.9 Å². The number of amides is 3. The van der Waals surface area contributed by atoms with E-state index >= 15 is 0 Å². The number of likely N-dealkylation sites (tertiary alicyclic amines) is 1. The predicted octanol–water partition coefficient (Wildman–Crippen LogP) is 2.54. The van der Waals surface area contributed by atoms with Gasteiger partial charge in [0, 0.05) is 25.8 Å². The first-order valence-electron chi connectivity index (χ1n) is 9.38. The highest BCUT2D eigenvalue weighted by molar-refractivity contribution is 5.95. The lowest BCUT2D eigenvalue weighted by molar-refractivity contribution is -0.138. The van der Waals surface area contributed by atoms with Gasteiger partial charge in [-0.1, -0.05) is 17.7 Å². The monoisotopic (exact) mass is 383 g/mol. The number of nitrogens with zero attached hydrogens (tertiary/aromatic N) is 2. The van der Waals surface area contributed by atoms with Crippen molar-refractivity contribution < 1.29 is 18.8 Å². The minimum absolute atomic E-state index is 0.0324. The molecule has 7 heteroatoms. The van der Waals surface area contributed by atoms with Gasteiger partial charge >= 0.3 is 0 Å². The van der Waals surface area contributed by atoms with Crippen molar-refractivity contribution in [3.8, 4) is 0 Å². The second kappa shape index (κ2) is 8.73. The number of anilines is 1. The fourth-order valence-electron chi connectivity index (χ4n) is 3.36. The molecule has 0 aliphatic carbocycles. The first kappa shape index (κ1) is 19.7. The maximum absolute atomic E-state index is 12.8. The normalized spacial score (nSPS) is 16.5. The van der Waals surface area contributed by atoms with E-state index in [1.807, 2.05) is 31.2 Å². The molecule has 1 aromatic heterocycles. The Morgan fingerprint density at radius 3 is 2.64 bits per heavy atom. The SMILES string of the molecule is Cc1ccc(NC(=O)CN(C)C(=O)C2CCCN(C(=O)c3ccco3)C2)cc1. The average Bonchev–Trinajstić information content (AvgIpc) is 3.23. The van der Waals surface area contributed by atoms with Crippen LogP contribution in [0.5, 0.6) is 0 Å². The number of benzene rings is 1. The highest BCUT2D eigenvalue weighted by atomic mass is 16.3. The number of piperidine rings is 1. The number of carbonyl (C=O) groups is 3. The molecule has 28 heavy (non-hydrogen) atoms. The van der Waals surface area contributed by atoms with Crippen LogP contribution in [-0.2, 0) is 9.59 Å². The largest absolute Gasteiger partial charge is 0.459 e. The van der Waals surface area contributed by atoms with Crippen LogP contribution in [0, 0.1) is 12.8 Å². The first-order valence-corrected chi connectivity index (χ1v) is 9.38. The minimum Gasteiger partial charge on any atom is -0.459 e. The van der Waals surface area contributed by atoms with Crippen molar-refractivity contribution in [2.24, 2.45) is 5.92 Å². The van der Waals surface area contributed by atoms with Crippen molar-refractivity contribution in [3.05, 3.63) is 54.0 Å². The number of likely N-dealkylation sites (N-methyl/N-ethyl adjacent to an activating group) is 1. The summed E-state index contributed by atoms with van der Waals surface area (Å²) in [6.07, 6.45) is 2.90. The third-order valence-electron chi connectivity index (χ3n) is 4.88. The molecule has 148 valence electrons. The van der Waals surface area contributed by atoms with Crippen LogP contribution in [0.3, 0.4) is 0 Å². The summed E-state index contributed by atoms with van der Waals surface area (Å²) in [5.41, 5.74) is 1.81. The lowest BCUT2D eigenvalue weighted by Gasteiger charge is -2.33. The molecule has 1 saturated heterocycles. The molecule has 1 aliphatic rings. The maximum Gasteiger partial charge on any atom is 0.289 e. The van der Waals surface area contributed by atoms with Crippen LogP contribution in [0.1, 0.15) is 29.0 Å². The highest BCUT2D eigenvalue weighted by Crippen LogP contribution is 2.20. The summed E-state index contributed by atoms with van der Waals surface area (Å²) in [5.74, 6) is -0.624. The summed E-state index contributed by atoms with van der Waals surface area (Å²) in [6.45, 7) is 2.88. The van der Waals surface area contributed by atoms with Crippen LogP contribution in [0.15, 0.2) is 47.1 Å². The fourth-order valence-corrected chi connectivity index (χ4v) is 3.36. The second-order valence-electron chi connectivity index (χ2n) is 7.18. The Balaban J connectivity index is 1.54. The van der Waals surface area contributed by atoms with E-state index in [4.69, 9.17) is 4.42 Å². The molecule has 0 bridgehead atoms. The summed E-state index contributed by atoms with van der Waals surface area (Å²) >= 11 is 0. The summed E-state index contributed by atoms with van der Waals surface area (Å²) in [6, 6.07) is 10.8. The first-order chi connectivity index (χ1) is 13.4. The zero-order valence-electron chi connectivity index (χ0n) is 16.2. The smallest absolute Gasteiger partial charge is 0.289 e. The van der Waals surface area contributed by atoms with Gasteiger partial charge in [-0.05, 0) is 44.0 Å². The summed E-state index contributed by atoms with van der Waals surface area (Å²) in [4.78, 5) is 40.5. The van der Waals surface area contributed by atoms with Crippen molar-refractivity contribution >= 4 is 23.4 Å². The summed E-state index contributed by atoms with van der Waals surface area (Å²) < 4.78 is 5.17. The zero-order valence-corrected chi connectivity index (χ0v) is 16.2. The average molecular weight is 383 g/mol. The lowest BCUT2D eigenvalue weighted by atomic mass is 9.96. The molecule has 1 fully saturated rings. The molecule has 3 amide bonds. The molecule has 1 aromatic carbocycles. The molecule has 2 aromatic rings. The van der Waals surface area contributed by atoms with Gasteiger partial charge in [0.05, 0.1) is 18.7 Å². The second-order valence-corrected chi connectivity index (χ2v) is 7.18. The molecule has 3 rings (SSSR count). The van der Waals surface area contributed by atoms with E-state index < -0.39 is 0 Å². The maximum atomic E-state index is 12.8. The predicted molar refractivity (Wildman–Crippen MR) is 105 cm³/mol. The molecule has 1 aliphatic heterocycles. The van der Waals surface area contributed by atoms with Gasteiger partial charge in [0.25, 0.3) is 5.91 Å². The van der Waals surface area contributed by atoms with E-state index in [2.05, 4.69) is 5.32 Å². The van der Waals surface area contributed by atoms with Gasteiger partial charge < -0.3 is 19.5 Å². The Morgan fingerprint density at radius 2 is 1.96 bits per heavy atom. The Hall–Kier alpha value is -3.09. The van der Waals surface area contributed by atoms with E-state index in [1.165, 1.54) is 11.2 Å². The summed E-state index contributed by atoms with van der Waals surface area (Å²) in [7, 11) is 1.62. The van der Waals surface area contributed by atoms with Crippen LogP contribution in [0.25, 0.3) is 0 Å². The number of rotatable bonds is 5. The van der Waals surface area contributed by atoms with Crippen LogP contribution in [0.2, 0.25) is 0 Å². The third-order valence-corrected chi connectivity index (χ3v) is 4.88. The van der Waals surface area contributed by atoms with Gasteiger partial charge in [0.2, 0.25) is 11.8 Å². The number of furan rings is 1. The number of hydrogen-bond donors (Lipinski definition) is 1. The van der Waals surface area contributed by atoms with Gasteiger partial charge in [0.15, 0.2) is 5.76 Å². The molecule has 2 heterocycles. The van der Waals surface area contributed by atoms with Crippen molar-refractivity contribution in [1.29, 1.82) is 0 Å². The van der Waals surface area contributed by atoms with Crippen LogP contribution >= 0.6 is 0 Å². The van der Waals surface area contributed by atoms with E-state index in [0.717, 1.165) is 12.0 Å². The summed E-state index contributed by atoms with van der Waals surface area (Å²) in [5, 5.41) is 2.79. The number of carbonyl (C=O) groups excluding carboxylic acids is 3. The van der Waals surface area contributed by atoms with Crippen LogP contribution in [0.4, 0.5) is 5.69 Å².